The van der Waals surface area contributed by atoms with Crippen LogP contribution >= 0.6 is 24.0 Å². The Bertz CT molecular complexity index is 745. The fraction of sp³-hybridized carbons (Fsp3) is 0.381. The van der Waals surface area contributed by atoms with Crippen LogP contribution in [-0.2, 0) is 4.74 Å². The fourth-order valence-electron chi connectivity index (χ4n) is 3.19. The quantitative estimate of drug-likeness (QED) is 0.389. The van der Waals surface area contributed by atoms with E-state index in [0.29, 0.717) is 12.5 Å². The lowest BCUT2D eigenvalue weighted by Crippen LogP contribution is -2.40. The average molecular weight is 480 g/mol. The first-order valence-electron chi connectivity index (χ1n) is 9.14. The molecule has 1 heterocycles. The largest absolute Gasteiger partial charge is 0.379 e. The Labute approximate surface area is 179 Å². The molecule has 0 aromatic heterocycles. The van der Waals surface area contributed by atoms with E-state index in [1.54, 1.807) is 0 Å². The van der Waals surface area contributed by atoms with E-state index in [9.17, 15) is 0 Å². The van der Waals surface area contributed by atoms with Gasteiger partial charge in [-0.3, -0.25) is 9.89 Å². The summed E-state index contributed by atoms with van der Waals surface area (Å²) in [5.74, 6) is 0.447. The molecule has 0 bridgehead atoms. The molecule has 2 aromatic rings. The molecule has 0 radical (unpaired) electrons. The monoisotopic (exact) mass is 480 g/mol. The first kappa shape index (κ1) is 21.7. The van der Waals surface area contributed by atoms with Gasteiger partial charge in [0.15, 0.2) is 5.96 Å². The fourth-order valence-corrected chi connectivity index (χ4v) is 3.19. The third-order valence-electron chi connectivity index (χ3n) is 4.88. The number of rotatable bonds is 5. The zero-order valence-electron chi connectivity index (χ0n) is 16.0. The van der Waals surface area contributed by atoms with Crippen LogP contribution < -0.4 is 11.1 Å². The molecule has 1 unspecified atom stereocenters. The Hall–Kier alpha value is -1.64. The minimum Gasteiger partial charge on any atom is -0.379 e. The van der Waals surface area contributed by atoms with E-state index < -0.39 is 0 Å². The third-order valence-corrected chi connectivity index (χ3v) is 4.88. The number of ether oxygens (including phenoxy) is 1. The second kappa shape index (κ2) is 10.6. The summed E-state index contributed by atoms with van der Waals surface area (Å²) in [4.78, 5) is 7.05. The lowest BCUT2D eigenvalue weighted by Gasteiger charge is -2.34. The van der Waals surface area contributed by atoms with Gasteiger partial charge < -0.3 is 15.8 Å². The highest BCUT2D eigenvalue weighted by Gasteiger charge is 2.22. The number of halogens is 1. The topological polar surface area (TPSA) is 62.9 Å². The minimum atomic E-state index is 0. The van der Waals surface area contributed by atoms with Crippen molar-refractivity contribution in [3.63, 3.8) is 0 Å². The summed E-state index contributed by atoms with van der Waals surface area (Å²) in [7, 11) is 0. The molecule has 1 fully saturated rings. The van der Waals surface area contributed by atoms with Crippen molar-refractivity contribution in [2.45, 2.75) is 19.9 Å². The smallest absolute Gasteiger partial charge is 0.193 e. The van der Waals surface area contributed by atoms with E-state index in [0.717, 1.165) is 32.0 Å². The van der Waals surface area contributed by atoms with Gasteiger partial charge in [-0.25, -0.2) is 0 Å². The van der Waals surface area contributed by atoms with Gasteiger partial charge in [0, 0.05) is 18.8 Å². The minimum absolute atomic E-state index is 0. The van der Waals surface area contributed by atoms with Crippen LogP contribution in [0.2, 0.25) is 0 Å². The Morgan fingerprint density at radius 2 is 1.81 bits per heavy atom. The first-order chi connectivity index (χ1) is 12.6. The van der Waals surface area contributed by atoms with Crippen molar-refractivity contribution >= 4 is 35.6 Å². The predicted octanol–water partition coefficient (Wildman–Crippen LogP) is 3.72. The van der Waals surface area contributed by atoms with Gasteiger partial charge in [0.05, 0.1) is 25.8 Å². The summed E-state index contributed by atoms with van der Waals surface area (Å²) >= 11 is 0. The number of aliphatic imine (C=N–C) groups is 1. The van der Waals surface area contributed by atoms with Gasteiger partial charge in [0.1, 0.15) is 0 Å². The lowest BCUT2D eigenvalue weighted by atomic mass is 10.1. The zero-order valence-corrected chi connectivity index (χ0v) is 18.4. The van der Waals surface area contributed by atoms with Crippen molar-refractivity contribution in [2.75, 3.05) is 38.2 Å². The molecule has 27 heavy (non-hydrogen) atoms. The van der Waals surface area contributed by atoms with Crippen LogP contribution in [0, 0.1) is 13.8 Å². The van der Waals surface area contributed by atoms with Gasteiger partial charge in [-0.1, -0.05) is 36.4 Å². The summed E-state index contributed by atoms with van der Waals surface area (Å²) in [6, 6.07) is 16.9. The van der Waals surface area contributed by atoms with Gasteiger partial charge in [-0.15, -0.1) is 24.0 Å². The van der Waals surface area contributed by atoms with Crippen LogP contribution in [0.5, 0.6) is 0 Å². The van der Waals surface area contributed by atoms with Crippen molar-refractivity contribution in [3.8, 4) is 0 Å². The molecule has 0 spiro atoms. The molecule has 3 N–H and O–H groups in total. The van der Waals surface area contributed by atoms with E-state index in [1.165, 1.54) is 16.7 Å². The molecular formula is C21H29IN4O. The number of hydrogen-bond acceptors (Lipinski definition) is 3. The number of nitrogens with zero attached hydrogens (tertiary/aromatic N) is 2. The van der Waals surface area contributed by atoms with Crippen molar-refractivity contribution < 1.29 is 4.74 Å². The number of nitrogens with one attached hydrogen (secondary N) is 1. The van der Waals surface area contributed by atoms with E-state index in [2.05, 4.69) is 65.5 Å². The maximum Gasteiger partial charge on any atom is 0.193 e. The number of aryl methyl sites for hydroxylation is 2. The second-order valence-electron chi connectivity index (χ2n) is 6.72. The maximum absolute atomic E-state index is 6.15. The van der Waals surface area contributed by atoms with Crippen LogP contribution in [0.1, 0.15) is 22.7 Å². The van der Waals surface area contributed by atoms with E-state index in [-0.39, 0.29) is 30.0 Å². The average Bonchev–Trinajstić information content (AvgIpc) is 2.67. The third kappa shape index (κ3) is 6.19. The number of nitrogens with two attached hydrogens (primary N) is 1. The van der Waals surface area contributed by atoms with Crippen molar-refractivity contribution in [2.24, 2.45) is 10.7 Å². The highest BCUT2D eigenvalue weighted by molar-refractivity contribution is 14.0. The molecule has 3 rings (SSSR count). The Kier molecular flexibility index (Phi) is 8.53. The van der Waals surface area contributed by atoms with Crippen molar-refractivity contribution in [3.05, 3.63) is 65.2 Å². The summed E-state index contributed by atoms with van der Waals surface area (Å²) in [6.45, 7) is 8.18. The first-order valence-corrected chi connectivity index (χ1v) is 9.14. The molecule has 0 aliphatic carbocycles. The molecule has 0 saturated carbocycles. The van der Waals surface area contributed by atoms with Crippen LogP contribution in [0.4, 0.5) is 5.69 Å². The standard InChI is InChI=1S/C21H28N4O.HI/c1-16-8-9-19(14-17(16)2)24-21(22)23-15-20(18-6-4-3-5-7-18)25-10-12-26-13-11-25;/h3-9,14,20H,10-13,15H2,1-2H3,(H3,22,23,24);1H. The van der Waals surface area contributed by atoms with Crippen LogP contribution in [-0.4, -0.2) is 43.7 Å². The second-order valence-corrected chi connectivity index (χ2v) is 6.72. The molecule has 2 aromatic carbocycles. The highest BCUT2D eigenvalue weighted by atomic mass is 127. The number of hydrogen-bond donors (Lipinski definition) is 2. The van der Waals surface area contributed by atoms with Gasteiger partial charge in [-0.05, 0) is 42.7 Å². The number of morpholine rings is 1. The number of anilines is 1. The van der Waals surface area contributed by atoms with Gasteiger partial charge in [-0.2, -0.15) is 0 Å². The molecule has 0 amide bonds. The van der Waals surface area contributed by atoms with Crippen molar-refractivity contribution in [1.29, 1.82) is 0 Å². The summed E-state index contributed by atoms with van der Waals surface area (Å²) in [5.41, 5.74) is 10.9. The Morgan fingerprint density at radius 1 is 1.11 bits per heavy atom. The molecule has 1 saturated heterocycles. The van der Waals surface area contributed by atoms with Gasteiger partial charge in [0.2, 0.25) is 0 Å². The molecule has 1 aliphatic rings. The Morgan fingerprint density at radius 3 is 2.48 bits per heavy atom. The molecule has 5 nitrogen and oxygen atoms in total. The normalized spacial score (nSPS) is 16.4. The number of benzene rings is 2. The predicted molar refractivity (Wildman–Crippen MR) is 123 cm³/mol. The summed E-state index contributed by atoms with van der Waals surface area (Å²) < 4.78 is 5.50. The van der Waals surface area contributed by atoms with Crippen LogP contribution in [0.3, 0.4) is 0 Å². The summed E-state index contributed by atoms with van der Waals surface area (Å²) in [6.07, 6.45) is 0. The molecule has 146 valence electrons. The molecule has 1 atom stereocenters. The van der Waals surface area contributed by atoms with Crippen LogP contribution in [0.25, 0.3) is 0 Å². The van der Waals surface area contributed by atoms with E-state index in [1.807, 2.05) is 12.1 Å². The van der Waals surface area contributed by atoms with E-state index in [4.69, 9.17) is 10.5 Å². The number of guanidine groups is 1. The maximum atomic E-state index is 6.15. The molecule has 1 aliphatic heterocycles. The zero-order chi connectivity index (χ0) is 18.4. The molecule has 6 heteroatoms. The van der Waals surface area contributed by atoms with Gasteiger partial charge >= 0.3 is 0 Å². The molecular weight excluding hydrogens is 451 g/mol. The lowest BCUT2D eigenvalue weighted by molar-refractivity contribution is 0.0180. The summed E-state index contributed by atoms with van der Waals surface area (Å²) in [5, 5.41) is 3.20. The highest BCUT2D eigenvalue weighted by Crippen LogP contribution is 2.22. The van der Waals surface area contributed by atoms with Crippen molar-refractivity contribution in [1.82, 2.24) is 4.90 Å². The Balaban J connectivity index is 0.00000261. The van der Waals surface area contributed by atoms with Crippen LogP contribution in [0.15, 0.2) is 53.5 Å². The SMILES string of the molecule is Cc1ccc(NC(N)=NCC(c2ccccc2)N2CCOCC2)cc1C.I. The van der Waals surface area contributed by atoms with Gasteiger partial charge in [0.25, 0.3) is 0 Å². The van der Waals surface area contributed by atoms with E-state index >= 15 is 0 Å².